The van der Waals surface area contributed by atoms with Gasteiger partial charge in [-0.15, -0.1) is 0 Å². The molecule has 1 aliphatic carbocycles. The van der Waals surface area contributed by atoms with E-state index < -0.39 is 23.8 Å². The third-order valence-corrected chi connectivity index (χ3v) is 5.61. The number of rotatable bonds is 5. The van der Waals surface area contributed by atoms with E-state index in [9.17, 15) is 10.2 Å². The summed E-state index contributed by atoms with van der Waals surface area (Å²) in [6.07, 6.45) is -0.804. The molecule has 0 heterocycles. The number of hydrogen-bond acceptors (Lipinski definition) is 6. The molecule has 7 heteroatoms. The summed E-state index contributed by atoms with van der Waals surface area (Å²) in [4.78, 5) is 0. The van der Waals surface area contributed by atoms with E-state index in [-0.39, 0.29) is 6.61 Å². The van der Waals surface area contributed by atoms with Gasteiger partial charge in [-0.25, -0.2) is 0 Å². The Morgan fingerprint density at radius 1 is 1.33 bits per heavy atom. The van der Waals surface area contributed by atoms with Gasteiger partial charge < -0.3 is 23.8 Å². The molecule has 0 bridgehead atoms. The fraction of sp³-hybridized carbons (Fsp3) is 1.00. The van der Waals surface area contributed by atoms with Crippen LogP contribution in [0.15, 0.2) is 0 Å². The summed E-state index contributed by atoms with van der Waals surface area (Å²) in [5, 5.41) is 19.5. The lowest BCUT2D eigenvalue weighted by Crippen LogP contribution is -2.24. The minimum atomic E-state index is -2.76. The average molecular weight is 256 g/mol. The normalized spacial score (nSPS) is 34.1. The monoisotopic (exact) mass is 256 g/mol. The van der Waals surface area contributed by atoms with Crippen LogP contribution in [0.1, 0.15) is 13.8 Å². The number of aliphatic hydroxyl groups excluding tert-OH is 1. The van der Waals surface area contributed by atoms with Crippen LogP contribution >= 0.6 is 6.72 Å². The first kappa shape index (κ1) is 13.5. The first-order valence-electron chi connectivity index (χ1n) is 4.50. The van der Waals surface area contributed by atoms with E-state index in [2.05, 4.69) is 0 Å². The zero-order valence-corrected chi connectivity index (χ0v) is 11.0. The van der Waals surface area contributed by atoms with Crippen molar-refractivity contribution < 1.29 is 23.8 Å². The third-order valence-electron chi connectivity index (χ3n) is 3.06. The Morgan fingerprint density at radius 3 is 2.00 bits per heavy atom. The zero-order chi connectivity index (χ0) is 11.9. The smallest absolute Gasteiger partial charge is 0.326 e. The van der Waals surface area contributed by atoms with Crippen LogP contribution in [0.25, 0.3) is 0 Å². The van der Waals surface area contributed by atoms with Crippen LogP contribution in [-0.4, -0.2) is 42.7 Å². The predicted octanol–water partition coefficient (Wildman–Crippen LogP) is 0.652. The summed E-state index contributed by atoms with van der Waals surface area (Å²) in [5.74, 6) is 0. The molecule has 1 fully saturated rings. The van der Waals surface area contributed by atoms with Gasteiger partial charge in [-0.2, -0.15) is 0 Å². The fourth-order valence-electron chi connectivity index (χ4n) is 1.42. The first-order chi connectivity index (χ1) is 6.73. The van der Waals surface area contributed by atoms with E-state index in [4.69, 9.17) is 25.4 Å². The first-order valence-corrected chi connectivity index (χ1v) is 7.05. The van der Waals surface area contributed by atoms with Gasteiger partial charge >= 0.3 is 6.72 Å². The summed E-state index contributed by atoms with van der Waals surface area (Å²) >= 11 is 4.97. The minimum Gasteiger partial charge on any atom is -0.389 e. The van der Waals surface area contributed by atoms with Crippen molar-refractivity contribution in [2.24, 2.45) is 5.41 Å². The van der Waals surface area contributed by atoms with Gasteiger partial charge in [0.2, 0.25) is 0 Å². The lowest BCUT2D eigenvalue weighted by molar-refractivity contribution is 0.0230. The zero-order valence-electron chi connectivity index (χ0n) is 9.26. The highest BCUT2D eigenvalue weighted by atomic mass is 32.5. The van der Waals surface area contributed by atoms with Gasteiger partial charge in [-0.1, -0.05) is 13.8 Å². The molecule has 15 heavy (non-hydrogen) atoms. The summed E-state index contributed by atoms with van der Waals surface area (Å²) in [5.41, 5.74) is -1.83. The lowest BCUT2D eigenvalue weighted by atomic mass is 10.1. The Balaban J connectivity index is 2.56. The van der Waals surface area contributed by atoms with E-state index in [1.165, 1.54) is 14.2 Å². The highest BCUT2D eigenvalue weighted by Crippen LogP contribution is 2.58. The molecule has 2 N–H and O–H groups in total. The van der Waals surface area contributed by atoms with Crippen LogP contribution in [0.5, 0.6) is 0 Å². The van der Waals surface area contributed by atoms with Gasteiger partial charge in [-0.05, 0) is 11.8 Å². The van der Waals surface area contributed by atoms with E-state index in [0.29, 0.717) is 0 Å². The second-order valence-corrected chi connectivity index (χ2v) is 7.36. The Labute approximate surface area is 94.6 Å². The molecule has 1 rings (SSSR count). The molecule has 2 atom stereocenters. The third kappa shape index (κ3) is 2.13. The molecule has 5 nitrogen and oxygen atoms in total. The molecule has 1 saturated carbocycles. The van der Waals surface area contributed by atoms with Crippen LogP contribution in [0.3, 0.4) is 0 Å². The highest BCUT2D eigenvalue weighted by Gasteiger charge is 2.71. The Hall–Kier alpha value is 0.450. The minimum absolute atomic E-state index is 0.0832. The molecular formula is C8H17O5PS. The summed E-state index contributed by atoms with van der Waals surface area (Å²) in [6.45, 7) is 0.667. The molecule has 2 unspecified atom stereocenters. The van der Waals surface area contributed by atoms with Crippen molar-refractivity contribution in [2.45, 2.75) is 25.6 Å². The summed E-state index contributed by atoms with van der Waals surface area (Å²) < 4.78 is 15.0. The van der Waals surface area contributed by atoms with Crippen molar-refractivity contribution in [3.05, 3.63) is 0 Å². The highest BCUT2D eigenvalue weighted by molar-refractivity contribution is 8.07. The number of aliphatic hydroxyl groups is 2. The molecular weight excluding hydrogens is 239 g/mol. The quantitative estimate of drug-likeness (QED) is 0.704. The van der Waals surface area contributed by atoms with Crippen LogP contribution in [0.2, 0.25) is 0 Å². The average Bonchev–Trinajstić information content (AvgIpc) is 2.60. The molecule has 0 spiro atoms. The SMILES string of the molecule is COP(=S)(OC)OCC1(O)C(O)C1(C)C. The largest absolute Gasteiger partial charge is 0.389 e. The van der Waals surface area contributed by atoms with Crippen molar-refractivity contribution in [3.8, 4) is 0 Å². The molecule has 0 aromatic heterocycles. The van der Waals surface area contributed by atoms with Crippen molar-refractivity contribution in [1.29, 1.82) is 0 Å². The second-order valence-electron chi connectivity index (χ2n) is 4.13. The molecule has 90 valence electrons. The van der Waals surface area contributed by atoms with Gasteiger partial charge in [0.05, 0.1) is 12.7 Å². The van der Waals surface area contributed by atoms with Gasteiger partial charge in [0.15, 0.2) is 0 Å². The van der Waals surface area contributed by atoms with E-state index in [1.807, 2.05) is 0 Å². The Kier molecular flexibility index (Phi) is 3.64. The topological polar surface area (TPSA) is 68.2 Å². The van der Waals surface area contributed by atoms with E-state index >= 15 is 0 Å². The summed E-state index contributed by atoms with van der Waals surface area (Å²) in [7, 11) is 2.78. The van der Waals surface area contributed by atoms with Crippen LogP contribution in [0, 0.1) is 5.41 Å². The van der Waals surface area contributed by atoms with Crippen LogP contribution in [-0.2, 0) is 25.4 Å². The van der Waals surface area contributed by atoms with Gasteiger partial charge in [0.1, 0.15) is 5.60 Å². The maximum Gasteiger partial charge on any atom is 0.326 e. The van der Waals surface area contributed by atoms with Gasteiger partial charge in [0, 0.05) is 19.6 Å². The fourth-order valence-corrected chi connectivity index (χ4v) is 2.30. The Bertz CT molecular complexity index is 287. The second kappa shape index (κ2) is 4.04. The predicted molar refractivity (Wildman–Crippen MR) is 59.0 cm³/mol. The molecule has 0 saturated heterocycles. The Morgan fingerprint density at radius 2 is 1.73 bits per heavy atom. The molecule has 0 radical (unpaired) electrons. The molecule has 0 aliphatic heterocycles. The van der Waals surface area contributed by atoms with Crippen molar-refractivity contribution in [2.75, 3.05) is 20.8 Å². The summed E-state index contributed by atoms with van der Waals surface area (Å²) in [6, 6.07) is 0. The van der Waals surface area contributed by atoms with Gasteiger partial charge in [-0.3, -0.25) is 0 Å². The van der Waals surface area contributed by atoms with Crippen molar-refractivity contribution in [1.82, 2.24) is 0 Å². The maximum atomic E-state index is 9.96. The van der Waals surface area contributed by atoms with Gasteiger partial charge in [0.25, 0.3) is 0 Å². The molecule has 0 amide bonds. The molecule has 0 aromatic carbocycles. The standard InChI is InChI=1S/C8H17O5PS/c1-7(2)6(9)8(7,10)5-13-14(15,11-3)12-4/h6,9-10H,5H2,1-4H3. The molecule has 0 aromatic rings. The van der Waals surface area contributed by atoms with Crippen molar-refractivity contribution >= 4 is 18.5 Å². The number of hydrogen-bond donors (Lipinski definition) is 2. The lowest BCUT2D eigenvalue weighted by Gasteiger charge is -2.20. The van der Waals surface area contributed by atoms with E-state index in [0.717, 1.165) is 0 Å². The maximum absolute atomic E-state index is 9.96. The van der Waals surface area contributed by atoms with Crippen LogP contribution < -0.4 is 0 Å². The molecule has 1 aliphatic rings. The van der Waals surface area contributed by atoms with E-state index in [1.54, 1.807) is 13.8 Å². The van der Waals surface area contributed by atoms with Crippen molar-refractivity contribution in [3.63, 3.8) is 0 Å². The van der Waals surface area contributed by atoms with Crippen LogP contribution in [0.4, 0.5) is 0 Å².